The van der Waals surface area contributed by atoms with Crippen molar-refractivity contribution in [2.24, 2.45) is 0 Å². The molecule has 0 radical (unpaired) electrons. The normalized spacial score (nSPS) is 11.1. The van der Waals surface area contributed by atoms with Gasteiger partial charge in [0.1, 0.15) is 5.01 Å². The Hall–Kier alpha value is -3.27. The average molecular weight is 420 g/mol. The van der Waals surface area contributed by atoms with Crippen LogP contribution in [-0.2, 0) is 17.6 Å². The van der Waals surface area contributed by atoms with Gasteiger partial charge in [-0.3, -0.25) is 14.9 Å². The molecule has 1 heterocycles. The van der Waals surface area contributed by atoms with Crippen LogP contribution in [0.3, 0.4) is 0 Å². The number of nitrogens with zero attached hydrogens (tertiary/aromatic N) is 2. The van der Waals surface area contributed by atoms with E-state index in [9.17, 15) is 22.8 Å². The van der Waals surface area contributed by atoms with Gasteiger partial charge in [0, 0.05) is 17.7 Å². The molecule has 3 rings (SSSR count). The van der Waals surface area contributed by atoms with Crippen LogP contribution in [0.15, 0.2) is 54.6 Å². The summed E-state index contributed by atoms with van der Waals surface area (Å²) in [7, 11) is 0. The number of aromatic nitrogens is 2. The summed E-state index contributed by atoms with van der Waals surface area (Å²) in [5, 5.41) is 13.4. The Kier molecular flexibility index (Phi) is 6.23. The van der Waals surface area contributed by atoms with Crippen LogP contribution in [0.1, 0.15) is 20.9 Å². The van der Waals surface area contributed by atoms with Crippen LogP contribution >= 0.6 is 11.3 Å². The van der Waals surface area contributed by atoms with E-state index in [1.54, 1.807) is 5.32 Å². The molecule has 0 saturated heterocycles. The first-order valence-electron chi connectivity index (χ1n) is 8.47. The lowest BCUT2D eigenvalue weighted by Crippen LogP contribution is -2.29. The monoisotopic (exact) mass is 420 g/mol. The van der Waals surface area contributed by atoms with Crippen molar-refractivity contribution in [3.8, 4) is 0 Å². The third kappa shape index (κ3) is 5.85. The Bertz CT molecular complexity index is 989. The predicted octanol–water partition coefficient (Wildman–Crippen LogP) is 4.08. The standard InChI is InChI=1S/C19H15F3N4O2S/c20-19(21,22)17(28)23-14-9-7-13(8-10-14)16(27)24-18-26-25-15(29-18)11-6-12-4-2-1-3-5-12/h1-5,7-10H,6,11H2,(H,23,28)(H,24,26,27). The van der Waals surface area contributed by atoms with Crippen LogP contribution in [0.25, 0.3) is 0 Å². The highest BCUT2D eigenvalue weighted by atomic mass is 32.1. The number of halogens is 3. The van der Waals surface area contributed by atoms with Gasteiger partial charge >= 0.3 is 12.1 Å². The summed E-state index contributed by atoms with van der Waals surface area (Å²) >= 11 is 1.25. The second-order valence-corrected chi connectivity index (χ2v) is 7.03. The van der Waals surface area contributed by atoms with E-state index in [4.69, 9.17) is 0 Å². The summed E-state index contributed by atoms with van der Waals surface area (Å²) in [6, 6.07) is 14.9. The largest absolute Gasteiger partial charge is 0.471 e. The fraction of sp³-hybridized carbons (Fsp3) is 0.158. The van der Waals surface area contributed by atoms with Gasteiger partial charge in [0.15, 0.2) is 0 Å². The molecule has 10 heteroatoms. The van der Waals surface area contributed by atoms with Crippen LogP contribution in [0.2, 0.25) is 0 Å². The quantitative estimate of drug-likeness (QED) is 0.630. The Balaban J connectivity index is 1.55. The number of rotatable bonds is 6. The van der Waals surface area contributed by atoms with Gasteiger partial charge in [0.25, 0.3) is 5.91 Å². The molecule has 0 aliphatic rings. The van der Waals surface area contributed by atoms with E-state index in [-0.39, 0.29) is 11.3 Å². The third-order valence-electron chi connectivity index (χ3n) is 3.82. The number of hydrogen-bond donors (Lipinski definition) is 2. The Morgan fingerprint density at radius 2 is 1.59 bits per heavy atom. The first kappa shape index (κ1) is 20.5. The molecule has 2 N–H and O–H groups in total. The second kappa shape index (κ2) is 8.82. The number of anilines is 2. The highest BCUT2D eigenvalue weighted by Gasteiger charge is 2.38. The number of aryl methyl sites for hydroxylation is 2. The zero-order valence-electron chi connectivity index (χ0n) is 14.9. The third-order valence-corrected chi connectivity index (χ3v) is 4.72. The van der Waals surface area contributed by atoms with Gasteiger partial charge in [-0.05, 0) is 36.2 Å². The summed E-state index contributed by atoms with van der Waals surface area (Å²) in [5.74, 6) is -2.56. The topological polar surface area (TPSA) is 84.0 Å². The molecule has 0 aliphatic heterocycles. The molecule has 2 amide bonds. The molecule has 0 bridgehead atoms. The molecule has 3 aromatic rings. The SMILES string of the molecule is O=C(Nc1nnc(CCc2ccccc2)s1)c1ccc(NC(=O)C(F)(F)F)cc1. The van der Waals surface area contributed by atoms with Gasteiger partial charge in [-0.15, -0.1) is 10.2 Å². The smallest absolute Gasteiger partial charge is 0.318 e. The number of benzene rings is 2. The first-order chi connectivity index (χ1) is 13.8. The lowest BCUT2D eigenvalue weighted by molar-refractivity contribution is -0.167. The van der Waals surface area contributed by atoms with Crippen molar-refractivity contribution in [2.75, 3.05) is 10.6 Å². The van der Waals surface area contributed by atoms with Crippen molar-refractivity contribution in [1.29, 1.82) is 0 Å². The van der Waals surface area contributed by atoms with Gasteiger partial charge in [-0.25, -0.2) is 0 Å². The first-order valence-corrected chi connectivity index (χ1v) is 9.29. The van der Waals surface area contributed by atoms with Crippen LogP contribution in [0.4, 0.5) is 24.0 Å². The average Bonchev–Trinajstić information content (AvgIpc) is 3.14. The zero-order valence-corrected chi connectivity index (χ0v) is 15.7. The summed E-state index contributed by atoms with van der Waals surface area (Å²) in [6.45, 7) is 0. The number of nitrogens with one attached hydrogen (secondary N) is 2. The van der Waals surface area contributed by atoms with Crippen LogP contribution in [0, 0.1) is 0 Å². The molecule has 150 valence electrons. The van der Waals surface area contributed by atoms with E-state index < -0.39 is 18.0 Å². The number of carbonyl (C=O) groups excluding carboxylic acids is 2. The van der Waals surface area contributed by atoms with Crippen LogP contribution < -0.4 is 10.6 Å². The van der Waals surface area contributed by atoms with Crippen molar-refractivity contribution < 1.29 is 22.8 Å². The summed E-state index contributed by atoms with van der Waals surface area (Å²) in [4.78, 5) is 23.2. The number of carbonyl (C=O) groups is 2. The van der Waals surface area contributed by atoms with Crippen LogP contribution in [-0.4, -0.2) is 28.2 Å². The minimum absolute atomic E-state index is 0.0667. The molecule has 0 aliphatic carbocycles. The van der Waals surface area contributed by atoms with Crippen LogP contribution in [0.5, 0.6) is 0 Å². The summed E-state index contributed by atoms with van der Waals surface area (Å²) in [5.41, 5.74) is 1.31. The number of alkyl halides is 3. The van der Waals surface area contributed by atoms with Crippen molar-refractivity contribution in [3.05, 3.63) is 70.7 Å². The molecular weight excluding hydrogens is 405 g/mol. The van der Waals surface area contributed by atoms with Gasteiger partial charge in [-0.1, -0.05) is 41.7 Å². The molecule has 29 heavy (non-hydrogen) atoms. The molecular formula is C19H15F3N4O2S. The number of hydrogen-bond acceptors (Lipinski definition) is 5. The van der Waals surface area contributed by atoms with E-state index >= 15 is 0 Å². The Morgan fingerprint density at radius 3 is 2.24 bits per heavy atom. The lowest BCUT2D eigenvalue weighted by Gasteiger charge is -2.08. The molecule has 2 aromatic carbocycles. The molecule has 0 unspecified atom stereocenters. The van der Waals surface area contributed by atoms with Crippen molar-refractivity contribution in [2.45, 2.75) is 19.0 Å². The van der Waals surface area contributed by atoms with E-state index in [1.807, 2.05) is 30.3 Å². The lowest BCUT2D eigenvalue weighted by atomic mass is 10.1. The van der Waals surface area contributed by atoms with Gasteiger partial charge in [0.05, 0.1) is 0 Å². The fourth-order valence-electron chi connectivity index (χ4n) is 2.38. The Morgan fingerprint density at radius 1 is 0.897 bits per heavy atom. The summed E-state index contributed by atoms with van der Waals surface area (Å²) < 4.78 is 36.8. The summed E-state index contributed by atoms with van der Waals surface area (Å²) in [6.07, 6.45) is -3.49. The highest BCUT2D eigenvalue weighted by Crippen LogP contribution is 2.20. The predicted molar refractivity (Wildman–Crippen MR) is 103 cm³/mol. The minimum Gasteiger partial charge on any atom is -0.318 e. The van der Waals surface area contributed by atoms with Crippen molar-refractivity contribution in [1.82, 2.24) is 10.2 Å². The maximum Gasteiger partial charge on any atom is 0.471 e. The van der Waals surface area contributed by atoms with Gasteiger partial charge < -0.3 is 5.32 Å². The second-order valence-electron chi connectivity index (χ2n) is 5.97. The maximum atomic E-state index is 12.3. The fourth-order valence-corrected chi connectivity index (χ4v) is 3.11. The molecule has 0 spiro atoms. The van der Waals surface area contributed by atoms with E-state index in [0.717, 1.165) is 11.4 Å². The van der Waals surface area contributed by atoms with Crippen molar-refractivity contribution >= 4 is 34.0 Å². The van der Waals surface area contributed by atoms with E-state index in [1.165, 1.54) is 41.2 Å². The minimum atomic E-state index is -4.98. The maximum absolute atomic E-state index is 12.3. The van der Waals surface area contributed by atoms with E-state index in [0.29, 0.717) is 11.6 Å². The molecule has 6 nitrogen and oxygen atoms in total. The Labute approximate surface area is 167 Å². The van der Waals surface area contributed by atoms with Gasteiger partial charge in [0.2, 0.25) is 5.13 Å². The molecule has 0 atom stereocenters. The van der Waals surface area contributed by atoms with Gasteiger partial charge in [-0.2, -0.15) is 13.2 Å². The molecule has 0 saturated carbocycles. The highest BCUT2D eigenvalue weighted by molar-refractivity contribution is 7.15. The zero-order chi connectivity index (χ0) is 20.9. The number of amides is 2. The molecule has 0 fully saturated rings. The van der Waals surface area contributed by atoms with E-state index in [2.05, 4.69) is 15.5 Å². The molecule has 1 aromatic heterocycles. The van der Waals surface area contributed by atoms with Crippen molar-refractivity contribution in [3.63, 3.8) is 0 Å².